The number of fused-ring (bicyclic) bond motifs is 3. The van der Waals surface area contributed by atoms with Crippen LogP contribution < -0.4 is 4.74 Å². The molecule has 2 aromatic carbocycles. The number of hydrogen-bond donors (Lipinski definition) is 0. The number of ether oxygens (including phenoxy) is 1. The molecule has 0 radical (unpaired) electrons. The van der Waals surface area contributed by atoms with Crippen molar-refractivity contribution in [1.29, 1.82) is 0 Å². The first kappa shape index (κ1) is 9.09. The van der Waals surface area contributed by atoms with Crippen LogP contribution in [0.4, 0.5) is 0 Å². The molecule has 0 unspecified atom stereocenters. The third-order valence-corrected chi connectivity index (χ3v) is 2.70. The summed E-state index contributed by atoms with van der Waals surface area (Å²) in [4.78, 5) is 22.9. The van der Waals surface area contributed by atoms with E-state index in [4.69, 9.17) is 4.74 Å². The predicted molar refractivity (Wildman–Crippen MR) is 58.5 cm³/mol. The highest BCUT2D eigenvalue weighted by molar-refractivity contribution is 6.14. The van der Waals surface area contributed by atoms with E-state index in [2.05, 4.69) is 0 Å². The average molecular weight is 212 g/mol. The molecule has 2 aromatic rings. The van der Waals surface area contributed by atoms with Crippen LogP contribution in [-0.4, -0.2) is 11.8 Å². The normalized spacial score (nSPS) is 14.8. The molecule has 1 heterocycles. The molecule has 3 heteroatoms. The first-order valence-electron chi connectivity index (χ1n) is 5.01. The van der Waals surface area contributed by atoms with Crippen LogP contribution in [0.5, 0.6) is 5.75 Å². The standard InChI is InChI=1S/C13H8O3/c14-11-7-12(15)16-13-9-4-2-1-3-8(9)5-6-10(11)13/h1-6H,7H2. The second kappa shape index (κ2) is 3.17. The fourth-order valence-corrected chi connectivity index (χ4v) is 1.95. The lowest BCUT2D eigenvalue weighted by molar-refractivity contribution is -0.133. The van der Waals surface area contributed by atoms with E-state index >= 15 is 0 Å². The first-order valence-corrected chi connectivity index (χ1v) is 5.01. The van der Waals surface area contributed by atoms with Gasteiger partial charge in [-0.2, -0.15) is 0 Å². The van der Waals surface area contributed by atoms with Gasteiger partial charge in [0.1, 0.15) is 12.2 Å². The minimum absolute atomic E-state index is 0.161. The summed E-state index contributed by atoms with van der Waals surface area (Å²) in [7, 11) is 0. The Balaban J connectivity index is 2.37. The monoisotopic (exact) mass is 212 g/mol. The van der Waals surface area contributed by atoms with Gasteiger partial charge in [0.15, 0.2) is 5.78 Å². The van der Waals surface area contributed by atoms with Crippen LogP contribution in [0, 0.1) is 0 Å². The van der Waals surface area contributed by atoms with Gasteiger partial charge in [-0.15, -0.1) is 0 Å². The lowest BCUT2D eigenvalue weighted by atomic mass is 9.99. The topological polar surface area (TPSA) is 43.4 Å². The Bertz CT molecular complexity index is 614. The molecule has 0 N–H and O–H groups in total. The molecular weight excluding hydrogens is 204 g/mol. The molecule has 1 aliphatic rings. The maximum Gasteiger partial charge on any atom is 0.319 e. The number of rotatable bonds is 0. The number of esters is 1. The van der Waals surface area contributed by atoms with Gasteiger partial charge in [0.2, 0.25) is 0 Å². The van der Waals surface area contributed by atoms with Crippen molar-refractivity contribution in [2.24, 2.45) is 0 Å². The Morgan fingerprint density at radius 2 is 1.81 bits per heavy atom. The van der Waals surface area contributed by atoms with Crippen LogP contribution in [0.2, 0.25) is 0 Å². The van der Waals surface area contributed by atoms with E-state index in [9.17, 15) is 9.59 Å². The molecule has 0 aromatic heterocycles. The second-order valence-electron chi connectivity index (χ2n) is 3.74. The molecule has 0 saturated carbocycles. The zero-order valence-electron chi connectivity index (χ0n) is 8.40. The van der Waals surface area contributed by atoms with Crippen LogP contribution in [0.25, 0.3) is 10.8 Å². The summed E-state index contributed by atoms with van der Waals surface area (Å²) in [6.07, 6.45) is -0.161. The second-order valence-corrected chi connectivity index (χ2v) is 3.74. The van der Waals surface area contributed by atoms with Crippen LogP contribution in [-0.2, 0) is 4.79 Å². The molecular formula is C13H8O3. The van der Waals surface area contributed by atoms with E-state index < -0.39 is 5.97 Å². The number of ketones is 1. The van der Waals surface area contributed by atoms with E-state index in [1.54, 1.807) is 6.07 Å². The fraction of sp³-hybridized carbons (Fsp3) is 0.0769. The molecule has 78 valence electrons. The van der Waals surface area contributed by atoms with E-state index in [0.29, 0.717) is 11.3 Å². The maximum absolute atomic E-state index is 11.6. The number of hydrogen-bond acceptors (Lipinski definition) is 3. The average Bonchev–Trinajstić information content (AvgIpc) is 2.28. The Labute approximate surface area is 91.6 Å². The van der Waals surface area contributed by atoms with E-state index in [-0.39, 0.29) is 12.2 Å². The predicted octanol–water partition coefficient (Wildman–Crippen LogP) is 2.33. The van der Waals surface area contributed by atoms with Crippen molar-refractivity contribution in [3.8, 4) is 5.75 Å². The van der Waals surface area contributed by atoms with Gasteiger partial charge in [-0.3, -0.25) is 9.59 Å². The lowest BCUT2D eigenvalue weighted by Crippen LogP contribution is -2.21. The highest BCUT2D eigenvalue weighted by atomic mass is 16.5. The molecule has 1 aliphatic heterocycles. The van der Waals surface area contributed by atoms with Gasteiger partial charge in [0, 0.05) is 5.39 Å². The van der Waals surface area contributed by atoms with Gasteiger partial charge in [0.05, 0.1) is 5.56 Å². The minimum atomic E-state index is -0.478. The summed E-state index contributed by atoms with van der Waals surface area (Å²) in [5, 5.41) is 1.77. The molecule has 3 rings (SSSR count). The number of carbonyl (C=O) groups excluding carboxylic acids is 2. The van der Waals surface area contributed by atoms with Gasteiger partial charge < -0.3 is 4.74 Å². The van der Waals surface area contributed by atoms with E-state index in [0.717, 1.165) is 10.8 Å². The third-order valence-electron chi connectivity index (χ3n) is 2.70. The molecule has 0 saturated heterocycles. The highest BCUT2D eigenvalue weighted by Gasteiger charge is 2.26. The molecule has 3 nitrogen and oxygen atoms in total. The van der Waals surface area contributed by atoms with Crippen molar-refractivity contribution in [3.63, 3.8) is 0 Å². The molecule has 16 heavy (non-hydrogen) atoms. The summed E-state index contributed by atoms with van der Waals surface area (Å²) >= 11 is 0. The Morgan fingerprint density at radius 3 is 2.69 bits per heavy atom. The molecule has 0 aliphatic carbocycles. The van der Waals surface area contributed by atoms with Crippen molar-refractivity contribution >= 4 is 22.5 Å². The third kappa shape index (κ3) is 1.21. The smallest absolute Gasteiger partial charge is 0.319 e. The largest absolute Gasteiger partial charge is 0.425 e. The summed E-state index contributed by atoms with van der Waals surface area (Å²) in [6.45, 7) is 0. The molecule has 0 bridgehead atoms. The summed E-state index contributed by atoms with van der Waals surface area (Å²) in [5.74, 6) is -0.245. The summed E-state index contributed by atoms with van der Waals surface area (Å²) < 4.78 is 5.16. The zero-order valence-corrected chi connectivity index (χ0v) is 8.40. The summed E-state index contributed by atoms with van der Waals surface area (Å²) in [6, 6.07) is 11.1. The van der Waals surface area contributed by atoms with Crippen molar-refractivity contribution in [3.05, 3.63) is 42.0 Å². The maximum atomic E-state index is 11.6. The Kier molecular flexibility index (Phi) is 1.80. The Hall–Kier alpha value is -2.16. The van der Waals surface area contributed by atoms with E-state index in [1.807, 2.05) is 30.3 Å². The number of carbonyl (C=O) groups is 2. The molecule has 0 amide bonds. The van der Waals surface area contributed by atoms with E-state index in [1.165, 1.54) is 0 Å². The first-order chi connectivity index (χ1) is 7.75. The van der Waals surface area contributed by atoms with Gasteiger partial charge in [-0.05, 0) is 11.5 Å². The van der Waals surface area contributed by atoms with Crippen LogP contribution >= 0.6 is 0 Å². The van der Waals surface area contributed by atoms with Crippen LogP contribution in [0.1, 0.15) is 16.8 Å². The van der Waals surface area contributed by atoms with Crippen LogP contribution in [0.15, 0.2) is 36.4 Å². The minimum Gasteiger partial charge on any atom is -0.425 e. The molecule has 0 atom stereocenters. The molecule has 0 spiro atoms. The summed E-state index contributed by atoms with van der Waals surface area (Å²) in [5.41, 5.74) is 0.498. The Morgan fingerprint density at radius 1 is 1.00 bits per heavy atom. The zero-order chi connectivity index (χ0) is 11.1. The van der Waals surface area contributed by atoms with Gasteiger partial charge in [0.25, 0.3) is 0 Å². The quantitative estimate of drug-likeness (QED) is 0.382. The van der Waals surface area contributed by atoms with Crippen molar-refractivity contribution in [2.45, 2.75) is 6.42 Å². The van der Waals surface area contributed by atoms with Crippen LogP contribution in [0.3, 0.4) is 0 Å². The lowest BCUT2D eigenvalue weighted by Gasteiger charge is -2.16. The van der Waals surface area contributed by atoms with Gasteiger partial charge in [-0.25, -0.2) is 0 Å². The van der Waals surface area contributed by atoms with Gasteiger partial charge in [-0.1, -0.05) is 30.3 Å². The van der Waals surface area contributed by atoms with Crippen molar-refractivity contribution in [1.82, 2.24) is 0 Å². The number of benzene rings is 2. The fourth-order valence-electron chi connectivity index (χ4n) is 1.95. The van der Waals surface area contributed by atoms with Crippen molar-refractivity contribution < 1.29 is 14.3 Å². The van der Waals surface area contributed by atoms with Gasteiger partial charge >= 0.3 is 5.97 Å². The highest BCUT2D eigenvalue weighted by Crippen LogP contribution is 2.33. The SMILES string of the molecule is O=C1CC(=O)c2ccc3ccccc3c2O1. The van der Waals surface area contributed by atoms with Crippen molar-refractivity contribution in [2.75, 3.05) is 0 Å². The number of Topliss-reactive ketones (excluding diaryl/α,β-unsaturated/α-hetero) is 1. The molecule has 0 fully saturated rings.